The summed E-state index contributed by atoms with van der Waals surface area (Å²) in [6.45, 7) is 1.59. The molecule has 0 fully saturated rings. The minimum absolute atomic E-state index is 0.206. The molecule has 0 unspecified atom stereocenters. The van der Waals surface area contributed by atoms with Crippen molar-refractivity contribution in [2.75, 3.05) is 7.11 Å². The van der Waals surface area contributed by atoms with Gasteiger partial charge in [0.15, 0.2) is 0 Å². The van der Waals surface area contributed by atoms with Gasteiger partial charge in [0.25, 0.3) is 0 Å². The number of ether oxygens (including phenoxy) is 1. The van der Waals surface area contributed by atoms with Crippen molar-refractivity contribution in [1.82, 2.24) is 20.3 Å². The van der Waals surface area contributed by atoms with Gasteiger partial charge in [-0.2, -0.15) is 0 Å². The lowest BCUT2D eigenvalue weighted by Crippen LogP contribution is -2.32. The van der Waals surface area contributed by atoms with Crippen molar-refractivity contribution < 1.29 is 19.0 Å². The largest absolute Gasteiger partial charge is 0.480 e. The van der Waals surface area contributed by atoms with E-state index in [1.807, 2.05) is 0 Å². The normalized spacial score (nSPS) is 12.2. The summed E-state index contributed by atoms with van der Waals surface area (Å²) in [6.07, 6.45) is 1.78. The van der Waals surface area contributed by atoms with Crippen molar-refractivity contribution in [3.63, 3.8) is 0 Å². The minimum Gasteiger partial charge on any atom is -0.480 e. The summed E-state index contributed by atoms with van der Waals surface area (Å²) >= 11 is 0. The Morgan fingerprint density at radius 1 is 1.36 bits per heavy atom. The predicted octanol–water partition coefficient (Wildman–Crippen LogP) is 1.77. The Hall–Kier alpha value is -3.00. The van der Waals surface area contributed by atoms with Crippen LogP contribution in [0.3, 0.4) is 0 Å². The van der Waals surface area contributed by atoms with Crippen molar-refractivity contribution in [3.05, 3.63) is 42.1 Å². The van der Waals surface area contributed by atoms with E-state index in [1.54, 1.807) is 12.1 Å². The van der Waals surface area contributed by atoms with Gasteiger partial charge >= 0.3 is 0 Å². The fourth-order valence-electron chi connectivity index (χ4n) is 2.40. The molecule has 7 nitrogen and oxygen atoms in total. The lowest BCUT2D eigenvalue weighted by Gasteiger charge is -2.05. The van der Waals surface area contributed by atoms with Crippen molar-refractivity contribution in [2.24, 2.45) is 0 Å². The van der Waals surface area contributed by atoms with Gasteiger partial charge in [0, 0.05) is 22.2 Å². The third-order valence-electron chi connectivity index (χ3n) is 3.71. The van der Waals surface area contributed by atoms with Crippen LogP contribution in [0.2, 0.25) is 0 Å². The molecular weight excluding hydrogens is 327 g/mol. The van der Waals surface area contributed by atoms with Crippen LogP contribution >= 0.6 is 0 Å². The number of fused-ring (bicyclic) bond motifs is 1. The second-order valence-electron chi connectivity index (χ2n) is 5.55. The van der Waals surface area contributed by atoms with Crippen LogP contribution in [0.15, 0.2) is 30.6 Å². The molecule has 0 spiro atoms. The molecule has 25 heavy (non-hydrogen) atoms. The topological polar surface area (TPSA) is 100 Å². The molecule has 3 N–H and O–H groups in total. The number of hydrogen-bond acceptors (Lipinski definition) is 5. The summed E-state index contributed by atoms with van der Waals surface area (Å²) in [5.74, 6) is -0.550. The number of rotatable bonds is 5. The van der Waals surface area contributed by atoms with Gasteiger partial charge in [0.1, 0.15) is 11.9 Å². The zero-order chi connectivity index (χ0) is 18.0. The lowest BCUT2D eigenvalue weighted by atomic mass is 10.1. The molecule has 0 aliphatic heterocycles. The summed E-state index contributed by atoms with van der Waals surface area (Å²) in [6, 6.07) is 4.78. The van der Waals surface area contributed by atoms with Crippen LogP contribution in [0.4, 0.5) is 4.39 Å². The number of amides is 1. The van der Waals surface area contributed by atoms with Crippen LogP contribution in [0.1, 0.15) is 12.6 Å². The Bertz CT molecular complexity index is 906. The quantitative estimate of drug-likeness (QED) is 0.655. The number of halogens is 1. The van der Waals surface area contributed by atoms with E-state index in [1.165, 1.54) is 32.5 Å². The summed E-state index contributed by atoms with van der Waals surface area (Å²) in [7, 11) is 1.48. The maximum Gasteiger partial charge on any atom is 0.248 e. The Balaban J connectivity index is 1.89. The highest BCUT2D eigenvalue weighted by Crippen LogP contribution is 2.27. The van der Waals surface area contributed by atoms with Gasteiger partial charge in [-0.25, -0.2) is 14.4 Å². The van der Waals surface area contributed by atoms with Gasteiger partial charge in [-0.15, -0.1) is 0 Å². The first-order valence-electron chi connectivity index (χ1n) is 7.61. The Morgan fingerprint density at radius 3 is 2.80 bits per heavy atom. The van der Waals surface area contributed by atoms with Gasteiger partial charge < -0.3 is 20.1 Å². The number of methoxy groups -OCH3 is 1. The number of nitrogens with one attached hydrogen (secondary N) is 2. The molecule has 3 aromatic rings. The summed E-state index contributed by atoms with van der Waals surface area (Å²) in [5.41, 5.74) is 2.10. The smallest absolute Gasteiger partial charge is 0.248 e. The van der Waals surface area contributed by atoms with E-state index < -0.39 is 17.8 Å². The monoisotopic (exact) mass is 344 g/mol. The minimum atomic E-state index is -1.08. The predicted molar refractivity (Wildman–Crippen MR) is 89.4 cm³/mol. The summed E-state index contributed by atoms with van der Waals surface area (Å²) in [5, 5.41) is 12.4. The molecule has 1 amide bonds. The Kier molecular flexibility index (Phi) is 4.62. The number of aliphatic hydroxyl groups excluding tert-OH is 1. The number of carbonyl (C=O) groups is 1. The number of aromatic nitrogens is 3. The molecule has 1 aromatic carbocycles. The molecule has 0 saturated heterocycles. The molecule has 1 atom stereocenters. The van der Waals surface area contributed by atoms with Crippen molar-refractivity contribution in [1.29, 1.82) is 0 Å². The second-order valence-corrected chi connectivity index (χ2v) is 5.55. The van der Waals surface area contributed by atoms with Crippen molar-refractivity contribution >= 4 is 16.8 Å². The van der Waals surface area contributed by atoms with E-state index in [9.17, 15) is 14.3 Å². The Labute approximate surface area is 142 Å². The molecular formula is C17H17FN4O3. The van der Waals surface area contributed by atoms with Crippen LogP contribution in [0.5, 0.6) is 5.88 Å². The molecule has 0 bridgehead atoms. The Morgan fingerprint density at radius 2 is 2.16 bits per heavy atom. The number of aliphatic hydroxyl groups is 1. The molecule has 0 radical (unpaired) electrons. The van der Waals surface area contributed by atoms with Crippen molar-refractivity contribution in [2.45, 2.75) is 19.6 Å². The van der Waals surface area contributed by atoms with E-state index in [-0.39, 0.29) is 6.54 Å². The summed E-state index contributed by atoms with van der Waals surface area (Å²) < 4.78 is 19.3. The van der Waals surface area contributed by atoms with Gasteiger partial charge in [-0.05, 0) is 25.1 Å². The average Bonchev–Trinajstić information content (AvgIpc) is 3.00. The molecule has 0 saturated carbocycles. The summed E-state index contributed by atoms with van der Waals surface area (Å²) in [4.78, 5) is 22.7. The first kappa shape index (κ1) is 16.8. The molecule has 130 valence electrons. The molecule has 2 heterocycles. The number of nitrogens with zero attached hydrogens (tertiary/aromatic N) is 2. The fourth-order valence-corrected chi connectivity index (χ4v) is 2.40. The van der Waals surface area contributed by atoms with Crippen LogP contribution in [-0.4, -0.2) is 39.2 Å². The molecule has 0 aliphatic carbocycles. The van der Waals surface area contributed by atoms with E-state index >= 15 is 0 Å². The van der Waals surface area contributed by atoms with E-state index in [4.69, 9.17) is 4.74 Å². The number of aromatic amines is 1. The van der Waals surface area contributed by atoms with Crippen LogP contribution in [-0.2, 0) is 11.3 Å². The van der Waals surface area contributed by atoms with Gasteiger partial charge in [0.2, 0.25) is 11.8 Å². The highest BCUT2D eigenvalue weighted by Gasteiger charge is 2.13. The maximum absolute atomic E-state index is 14.4. The third-order valence-corrected chi connectivity index (χ3v) is 3.71. The van der Waals surface area contributed by atoms with Gasteiger partial charge in [-0.3, -0.25) is 4.79 Å². The van der Waals surface area contributed by atoms with Crippen LogP contribution in [0, 0.1) is 5.82 Å². The number of benzene rings is 1. The number of H-pyrrole nitrogens is 1. The van der Waals surface area contributed by atoms with Crippen LogP contribution in [0.25, 0.3) is 22.2 Å². The fraction of sp³-hybridized carbons (Fsp3) is 0.235. The third kappa shape index (κ3) is 3.58. The lowest BCUT2D eigenvalue weighted by molar-refractivity contribution is -0.128. The van der Waals surface area contributed by atoms with Crippen LogP contribution < -0.4 is 10.1 Å². The van der Waals surface area contributed by atoms with Gasteiger partial charge in [-0.1, -0.05) is 0 Å². The average molecular weight is 344 g/mol. The van der Waals surface area contributed by atoms with E-state index in [0.29, 0.717) is 33.7 Å². The van der Waals surface area contributed by atoms with Crippen molar-refractivity contribution in [3.8, 4) is 17.1 Å². The molecule has 2 aromatic heterocycles. The second kappa shape index (κ2) is 6.86. The maximum atomic E-state index is 14.4. The zero-order valence-corrected chi connectivity index (χ0v) is 13.7. The highest BCUT2D eigenvalue weighted by molar-refractivity contribution is 5.85. The standard InChI is InChI=1S/C17H17FN4O3/c1-9(23)17(24)21-6-11-3-10-4-13(18)12(5-14(10)22-11)15-7-20-16(25-2)8-19-15/h3-5,7-9,22-23H,6H2,1-2H3,(H,21,24)/t9-/m0/s1. The number of carbonyl (C=O) groups excluding carboxylic acids is 1. The SMILES string of the molecule is COc1cnc(-c2cc3[nH]c(CNC(=O)[C@H](C)O)cc3cc2F)cn1. The number of hydrogen-bond donors (Lipinski definition) is 3. The molecule has 0 aliphatic rings. The van der Waals surface area contributed by atoms with E-state index in [0.717, 1.165) is 0 Å². The van der Waals surface area contributed by atoms with Gasteiger partial charge in [0.05, 0.1) is 31.7 Å². The molecule has 8 heteroatoms. The zero-order valence-electron chi connectivity index (χ0n) is 13.7. The van der Waals surface area contributed by atoms with E-state index in [2.05, 4.69) is 20.3 Å². The molecule has 3 rings (SSSR count). The first-order chi connectivity index (χ1) is 12.0. The first-order valence-corrected chi connectivity index (χ1v) is 7.61. The highest BCUT2D eigenvalue weighted by atomic mass is 19.1.